The van der Waals surface area contributed by atoms with Gasteiger partial charge < -0.3 is 9.84 Å². The first-order valence-corrected chi connectivity index (χ1v) is 8.46. The van der Waals surface area contributed by atoms with E-state index in [0.717, 1.165) is 16.3 Å². The second-order valence-electron chi connectivity index (χ2n) is 5.95. The lowest BCUT2D eigenvalue weighted by molar-refractivity contribution is 0.0952. The number of fused-ring (bicyclic) bond motifs is 1. The highest BCUT2D eigenvalue weighted by molar-refractivity contribution is 6.02. The lowest BCUT2D eigenvalue weighted by Gasteiger charge is -2.09. The molecule has 0 aliphatic rings. The Kier molecular flexibility index (Phi) is 5.52. The summed E-state index contributed by atoms with van der Waals surface area (Å²) in [5.74, 6) is 0.200. The van der Waals surface area contributed by atoms with Crippen LogP contribution >= 0.6 is 0 Å². The van der Waals surface area contributed by atoms with Crippen LogP contribution in [0.4, 0.5) is 0 Å². The third-order valence-electron chi connectivity index (χ3n) is 4.20. The van der Waals surface area contributed by atoms with E-state index < -0.39 is 5.91 Å². The number of hydrazone groups is 1. The zero-order chi connectivity index (χ0) is 19.2. The summed E-state index contributed by atoms with van der Waals surface area (Å²) in [6, 6.07) is 16.6. The number of para-hydroxylation sites is 1. The number of rotatable bonds is 6. The van der Waals surface area contributed by atoms with Crippen molar-refractivity contribution in [3.05, 3.63) is 83.9 Å². The third kappa shape index (κ3) is 3.98. The van der Waals surface area contributed by atoms with Crippen LogP contribution in [0.15, 0.2) is 72.4 Å². The van der Waals surface area contributed by atoms with E-state index in [2.05, 4.69) is 17.1 Å². The van der Waals surface area contributed by atoms with Crippen LogP contribution < -0.4 is 10.2 Å². The van der Waals surface area contributed by atoms with E-state index in [1.807, 2.05) is 42.5 Å². The lowest BCUT2D eigenvalue weighted by Crippen LogP contribution is -2.18. The van der Waals surface area contributed by atoms with Gasteiger partial charge in [-0.1, -0.05) is 42.5 Å². The molecule has 1 amide bonds. The van der Waals surface area contributed by atoms with Gasteiger partial charge in [0.15, 0.2) is 0 Å². The first-order chi connectivity index (χ1) is 13.1. The highest BCUT2D eigenvalue weighted by Crippen LogP contribution is 2.26. The van der Waals surface area contributed by atoms with Gasteiger partial charge in [-0.3, -0.25) is 4.79 Å². The number of aromatic hydroxyl groups is 1. The predicted molar refractivity (Wildman–Crippen MR) is 108 cm³/mol. The molecule has 3 rings (SSSR count). The first-order valence-electron chi connectivity index (χ1n) is 8.46. The van der Waals surface area contributed by atoms with Crippen LogP contribution in [0.1, 0.15) is 21.5 Å². The Balaban J connectivity index is 1.82. The summed E-state index contributed by atoms with van der Waals surface area (Å²) in [7, 11) is 1.52. The SMILES string of the molecule is C=CCc1cccc(/C=N\NC(=O)c2cc3ccccc3cc2OC)c1O. The second-order valence-corrected chi connectivity index (χ2v) is 5.95. The van der Waals surface area contributed by atoms with Crippen LogP contribution in [0.3, 0.4) is 0 Å². The minimum absolute atomic E-state index is 0.124. The Morgan fingerprint density at radius 2 is 1.93 bits per heavy atom. The number of phenolic OH excluding ortho intramolecular Hbond substituents is 1. The van der Waals surface area contributed by atoms with E-state index in [-0.39, 0.29) is 5.75 Å². The topological polar surface area (TPSA) is 70.9 Å². The van der Waals surface area contributed by atoms with Crippen molar-refractivity contribution in [3.63, 3.8) is 0 Å². The molecule has 0 unspecified atom stereocenters. The van der Waals surface area contributed by atoms with E-state index in [1.165, 1.54) is 13.3 Å². The van der Waals surface area contributed by atoms with Crippen LogP contribution in [-0.4, -0.2) is 24.3 Å². The van der Waals surface area contributed by atoms with Gasteiger partial charge in [0, 0.05) is 5.56 Å². The maximum absolute atomic E-state index is 12.5. The van der Waals surface area contributed by atoms with Gasteiger partial charge in [0.05, 0.1) is 18.9 Å². The van der Waals surface area contributed by atoms with Gasteiger partial charge in [-0.15, -0.1) is 6.58 Å². The molecule has 0 radical (unpaired) electrons. The largest absolute Gasteiger partial charge is 0.507 e. The van der Waals surface area contributed by atoms with Crippen molar-refractivity contribution in [1.82, 2.24) is 5.43 Å². The fraction of sp³-hybridized carbons (Fsp3) is 0.0909. The second kappa shape index (κ2) is 8.19. The molecule has 5 heteroatoms. The average Bonchev–Trinajstić information content (AvgIpc) is 2.69. The van der Waals surface area contributed by atoms with E-state index in [4.69, 9.17) is 4.74 Å². The van der Waals surface area contributed by atoms with Gasteiger partial charge in [0.2, 0.25) is 0 Å². The zero-order valence-electron chi connectivity index (χ0n) is 15.0. The van der Waals surface area contributed by atoms with Crippen LogP contribution in [0, 0.1) is 0 Å². The summed E-state index contributed by atoms with van der Waals surface area (Å²) in [5.41, 5.74) is 4.13. The number of carbonyl (C=O) groups is 1. The van der Waals surface area contributed by atoms with Crippen molar-refractivity contribution < 1.29 is 14.6 Å². The number of ether oxygens (including phenoxy) is 1. The number of nitrogens with zero attached hydrogens (tertiary/aromatic N) is 1. The molecule has 3 aromatic carbocycles. The number of benzene rings is 3. The molecule has 0 atom stereocenters. The van der Waals surface area contributed by atoms with Gasteiger partial charge in [0.1, 0.15) is 11.5 Å². The molecule has 0 saturated carbocycles. The predicted octanol–water partition coefficient (Wildman–Crippen LogP) is 4.05. The maximum atomic E-state index is 12.5. The highest BCUT2D eigenvalue weighted by atomic mass is 16.5. The number of carbonyl (C=O) groups excluding carboxylic acids is 1. The zero-order valence-corrected chi connectivity index (χ0v) is 15.0. The minimum atomic E-state index is -0.393. The molecule has 0 heterocycles. The van der Waals surface area contributed by atoms with Gasteiger partial charge in [-0.25, -0.2) is 5.43 Å². The van der Waals surface area contributed by atoms with E-state index in [0.29, 0.717) is 23.3 Å². The number of nitrogens with one attached hydrogen (secondary N) is 1. The average molecular weight is 360 g/mol. The first kappa shape index (κ1) is 18.2. The van der Waals surface area contributed by atoms with Gasteiger partial charge in [-0.05, 0) is 41.0 Å². The van der Waals surface area contributed by atoms with Crippen molar-refractivity contribution in [2.24, 2.45) is 5.10 Å². The number of amides is 1. The number of allylic oxidation sites excluding steroid dienone is 1. The van der Waals surface area contributed by atoms with Crippen molar-refractivity contribution >= 4 is 22.9 Å². The summed E-state index contributed by atoms with van der Waals surface area (Å²) in [5, 5.41) is 16.1. The minimum Gasteiger partial charge on any atom is -0.507 e. The van der Waals surface area contributed by atoms with Crippen LogP contribution in [0.25, 0.3) is 10.8 Å². The van der Waals surface area contributed by atoms with Crippen LogP contribution in [-0.2, 0) is 6.42 Å². The molecule has 0 saturated heterocycles. The Labute approximate surface area is 157 Å². The van der Waals surface area contributed by atoms with E-state index in [1.54, 1.807) is 18.2 Å². The molecule has 0 fully saturated rings. The normalized spacial score (nSPS) is 10.9. The Morgan fingerprint density at radius 1 is 1.19 bits per heavy atom. The van der Waals surface area contributed by atoms with Crippen molar-refractivity contribution in [1.29, 1.82) is 0 Å². The summed E-state index contributed by atoms with van der Waals surface area (Å²) in [4.78, 5) is 12.5. The molecule has 27 heavy (non-hydrogen) atoms. The fourth-order valence-electron chi connectivity index (χ4n) is 2.82. The van der Waals surface area contributed by atoms with Crippen LogP contribution in [0.2, 0.25) is 0 Å². The van der Waals surface area contributed by atoms with E-state index >= 15 is 0 Å². The molecule has 3 aromatic rings. The molecule has 0 spiro atoms. The Bertz CT molecular complexity index is 1030. The molecule has 2 N–H and O–H groups in total. The number of phenols is 1. The van der Waals surface area contributed by atoms with Crippen LogP contribution in [0.5, 0.6) is 11.5 Å². The van der Waals surface area contributed by atoms with Gasteiger partial charge in [0.25, 0.3) is 5.91 Å². The third-order valence-corrected chi connectivity index (χ3v) is 4.20. The summed E-state index contributed by atoms with van der Waals surface area (Å²) < 4.78 is 5.34. The Morgan fingerprint density at radius 3 is 2.63 bits per heavy atom. The fourth-order valence-corrected chi connectivity index (χ4v) is 2.82. The quantitative estimate of drug-likeness (QED) is 0.396. The molecule has 0 aliphatic carbocycles. The Hall–Kier alpha value is -3.60. The van der Waals surface area contributed by atoms with Crippen molar-refractivity contribution in [3.8, 4) is 11.5 Å². The van der Waals surface area contributed by atoms with Crippen molar-refractivity contribution in [2.45, 2.75) is 6.42 Å². The summed E-state index contributed by atoms with van der Waals surface area (Å²) in [6.45, 7) is 3.67. The number of hydrogen-bond donors (Lipinski definition) is 2. The smallest absolute Gasteiger partial charge is 0.275 e. The molecular weight excluding hydrogens is 340 g/mol. The molecule has 0 bridgehead atoms. The molecule has 0 aliphatic heterocycles. The maximum Gasteiger partial charge on any atom is 0.275 e. The standard InChI is InChI=1S/C22H20N2O3/c1-3-7-15-10-6-11-18(21(15)25)14-23-24-22(26)19-12-16-8-4-5-9-17(16)13-20(19)27-2/h3-6,8-14,25H,1,7H2,2H3,(H,24,26)/b23-14-. The summed E-state index contributed by atoms with van der Waals surface area (Å²) >= 11 is 0. The lowest BCUT2D eigenvalue weighted by atomic mass is 10.1. The molecular formula is C22H20N2O3. The number of hydrogen-bond acceptors (Lipinski definition) is 4. The monoisotopic (exact) mass is 360 g/mol. The van der Waals surface area contributed by atoms with Crippen molar-refractivity contribution in [2.75, 3.05) is 7.11 Å². The summed E-state index contributed by atoms with van der Waals surface area (Å²) in [6.07, 6.45) is 3.67. The highest BCUT2D eigenvalue weighted by Gasteiger charge is 2.13. The molecule has 136 valence electrons. The van der Waals surface area contributed by atoms with Gasteiger partial charge in [-0.2, -0.15) is 5.10 Å². The number of methoxy groups -OCH3 is 1. The molecule has 5 nitrogen and oxygen atoms in total. The van der Waals surface area contributed by atoms with E-state index in [9.17, 15) is 9.90 Å². The molecule has 0 aromatic heterocycles. The van der Waals surface area contributed by atoms with Gasteiger partial charge >= 0.3 is 0 Å².